The number of aliphatic hydroxyl groups excluding tert-OH is 3. The molecule has 1 unspecified atom stereocenters. The largest absolute Gasteiger partial charge is 0.512 e. The molecular weight excluding hydrogens is 271 g/mol. The highest BCUT2D eigenvalue weighted by Gasteiger charge is 2.21. The van der Waals surface area contributed by atoms with E-state index in [4.69, 9.17) is 10.2 Å². The molecule has 12 heavy (non-hydrogen) atoms. The Morgan fingerprint density at radius 2 is 2.17 bits per heavy atom. The Bertz CT molecular complexity index is 232. The second-order valence-electron chi connectivity index (χ2n) is 2.74. The van der Waals surface area contributed by atoms with Gasteiger partial charge in [0.2, 0.25) is 0 Å². The van der Waals surface area contributed by atoms with Gasteiger partial charge in [0.15, 0.2) is 0 Å². The first kappa shape index (κ1) is 10.0. The highest BCUT2D eigenvalue weighted by Crippen LogP contribution is 2.30. The van der Waals surface area contributed by atoms with Crippen molar-refractivity contribution in [1.29, 1.82) is 0 Å². The minimum Gasteiger partial charge on any atom is -0.512 e. The monoisotopic (exact) mass is 282 g/mol. The van der Waals surface area contributed by atoms with Crippen molar-refractivity contribution in [3.05, 3.63) is 21.0 Å². The molecule has 0 saturated carbocycles. The van der Waals surface area contributed by atoms with Crippen molar-refractivity contribution < 1.29 is 15.3 Å². The molecular formula is C8H11IO3. The standard InChI is InChI=1S/C8H11IO3/c9-7-1-5(3-10)8(12)6(2-7)4-11/h1,6,10-12H,2-4H2. The molecule has 1 aliphatic carbocycles. The molecule has 4 heteroatoms. The summed E-state index contributed by atoms with van der Waals surface area (Å²) in [5.74, 6) is -0.107. The maximum absolute atomic E-state index is 9.46. The van der Waals surface area contributed by atoms with Crippen LogP contribution in [0.3, 0.4) is 0 Å². The first-order chi connectivity index (χ1) is 5.69. The number of allylic oxidation sites excluding steroid dienone is 1. The first-order valence-corrected chi connectivity index (χ1v) is 4.76. The summed E-state index contributed by atoms with van der Waals surface area (Å²) in [7, 11) is 0. The molecule has 1 rings (SSSR count). The Balaban J connectivity index is 2.90. The van der Waals surface area contributed by atoms with Crippen molar-refractivity contribution in [2.75, 3.05) is 13.2 Å². The molecule has 0 bridgehead atoms. The molecule has 68 valence electrons. The maximum atomic E-state index is 9.46. The number of hydrogen-bond acceptors (Lipinski definition) is 3. The van der Waals surface area contributed by atoms with E-state index in [-0.39, 0.29) is 24.9 Å². The maximum Gasteiger partial charge on any atom is 0.103 e. The van der Waals surface area contributed by atoms with Crippen LogP contribution in [-0.4, -0.2) is 28.5 Å². The lowest BCUT2D eigenvalue weighted by atomic mass is 9.95. The number of halogens is 1. The molecule has 0 aromatic heterocycles. The van der Waals surface area contributed by atoms with Crippen LogP contribution in [0.25, 0.3) is 0 Å². The van der Waals surface area contributed by atoms with Gasteiger partial charge in [-0.2, -0.15) is 0 Å². The Hall–Kier alpha value is -0.0700. The van der Waals surface area contributed by atoms with Crippen molar-refractivity contribution >= 4 is 22.6 Å². The van der Waals surface area contributed by atoms with E-state index in [1.54, 1.807) is 6.08 Å². The summed E-state index contributed by atoms with van der Waals surface area (Å²) in [4.78, 5) is 0. The van der Waals surface area contributed by atoms with Crippen LogP contribution >= 0.6 is 22.6 Å². The molecule has 3 N–H and O–H groups in total. The van der Waals surface area contributed by atoms with Crippen LogP contribution in [0.15, 0.2) is 21.0 Å². The lowest BCUT2D eigenvalue weighted by molar-refractivity contribution is 0.197. The summed E-state index contributed by atoms with van der Waals surface area (Å²) < 4.78 is 1.05. The van der Waals surface area contributed by atoms with Gasteiger partial charge in [-0.25, -0.2) is 0 Å². The first-order valence-electron chi connectivity index (χ1n) is 3.68. The summed E-state index contributed by atoms with van der Waals surface area (Å²) in [6, 6.07) is 0. The third-order valence-corrected chi connectivity index (χ3v) is 2.63. The minimum atomic E-state index is -0.232. The number of rotatable bonds is 2. The smallest absolute Gasteiger partial charge is 0.103 e. The molecule has 0 radical (unpaired) electrons. The summed E-state index contributed by atoms with van der Waals surface area (Å²) in [5, 5.41) is 27.2. The Morgan fingerprint density at radius 1 is 1.50 bits per heavy atom. The summed E-state index contributed by atoms with van der Waals surface area (Å²) in [5.41, 5.74) is 0.518. The average Bonchev–Trinajstić information content (AvgIpc) is 2.08. The van der Waals surface area contributed by atoms with Crippen LogP contribution in [0.5, 0.6) is 0 Å². The second-order valence-corrected chi connectivity index (χ2v) is 4.13. The topological polar surface area (TPSA) is 60.7 Å². The van der Waals surface area contributed by atoms with Gasteiger partial charge in [0.25, 0.3) is 0 Å². The minimum absolute atomic E-state index is 0.0737. The van der Waals surface area contributed by atoms with Crippen molar-refractivity contribution in [2.24, 2.45) is 5.92 Å². The zero-order valence-corrected chi connectivity index (χ0v) is 8.65. The molecule has 0 fully saturated rings. The van der Waals surface area contributed by atoms with E-state index in [1.807, 2.05) is 0 Å². The molecule has 0 saturated heterocycles. The third kappa shape index (κ3) is 1.99. The van der Waals surface area contributed by atoms with Gasteiger partial charge < -0.3 is 15.3 Å². The van der Waals surface area contributed by atoms with Gasteiger partial charge in [-0.05, 0) is 38.7 Å². The van der Waals surface area contributed by atoms with Crippen molar-refractivity contribution in [3.63, 3.8) is 0 Å². The lowest BCUT2D eigenvalue weighted by Gasteiger charge is -2.20. The molecule has 0 aromatic carbocycles. The van der Waals surface area contributed by atoms with E-state index in [9.17, 15) is 5.11 Å². The number of aliphatic hydroxyl groups is 3. The Labute approximate surface area is 84.6 Å². The zero-order chi connectivity index (χ0) is 9.14. The molecule has 0 aliphatic heterocycles. The Kier molecular flexibility index (Phi) is 3.54. The van der Waals surface area contributed by atoms with Gasteiger partial charge in [0.1, 0.15) is 5.76 Å². The van der Waals surface area contributed by atoms with Crippen molar-refractivity contribution in [2.45, 2.75) is 6.42 Å². The van der Waals surface area contributed by atoms with E-state index < -0.39 is 0 Å². The molecule has 3 nitrogen and oxygen atoms in total. The van der Waals surface area contributed by atoms with Crippen LogP contribution in [0.1, 0.15) is 6.42 Å². The van der Waals surface area contributed by atoms with Gasteiger partial charge in [-0.15, -0.1) is 0 Å². The van der Waals surface area contributed by atoms with Gasteiger partial charge >= 0.3 is 0 Å². The fraction of sp³-hybridized carbons (Fsp3) is 0.500. The molecule has 0 aromatic rings. The predicted molar refractivity (Wildman–Crippen MR) is 54.0 cm³/mol. The molecule has 1 atom stereocenters. The highest BCUT2D eigenvalue weighted by atomic mass is 127. The van der Waals surface area contributed by atoms with Gasteiger partial charge in [-0.3, -0.25) is 0 Å². The fourth-order valence-corrected chi connectivity index (χ4v) is 2.10. The molecule has 0 spiro atoms. The van der Waals surface area contributed by atoms with Gasteiger partial charge in [-0.1, -0.05) is 0 Å². The van der Waals surface area contributed by atoms with E-state index in [1.165, 1.54) is 0 Å². The fourth-order valence-electron chi connectivity index (χ4n) is 1.19. The predicted octanol–water partition coefficient (Wildman–Crippen LogP) is 1.12. The lowest BCUT2D eigenvalue weighted by Crippen LogP contribution is -2.15. The van der Waals surface area contributed by atoms with Crippen molar-refractivity contribution in [1.82, 2.24) is 0 Å². The molecule has 0 heterocycles. The van der Waals surface area contributed by atoms with Crippen molar-refractivity contribution in [3.8, 4) is 0 Å². The van der Waals surface area contributed by atoms with E-state index in [0.717, 1.165) is 3.58 Å². The van der Waals surface area contributed by atoms with Gasteiger partial charge in [0, 0.05) is 11.5 Å². The normalized spacial score (nSPS) is 24.2. The van der Waals surface area contributed by atoms with E-state index in [0.29, 0.717) is 12.0 Å². The zero-order valence-electron chi connectivity index (χ0n) is 6.50. The summed E-state index contributed by atoms with van der Waals surface area (Å²) in [6.07, 6.45) is 2.41. The van der Waals surface area contributed by atoms with Crippen LogP contribution in [0.4, 0.5) is 0 Å². The summed E-state index contributed by atoms with van der Waals surface area (Å²) in [6.45, 7) is -0.246. The SMILES string of the molecule is OCC1=C(O)C(CO)CC(I)=C1. The van der Waals surface area contributed by atoms with Crippen LogP contribution in [0, 0.1) is 5.92 Å². The quantitative estimate of drug-likeness (QED) is 0.665. The average molecular weight is 282 g/mol. The molecule has 1 aliphatic rings. The highest BCUT2D eigenvalue weighted by molar-refractivity contribution is 14.1. The Morgan fingerprint density at radius 3 is 2.67 bits per heavy atom. The molecule has 0 amide bonds. The van der Waals surface area contributed by atoms with Crippen LogP contribution in [-0.2, 0) is 0 Å². The van der Waals surface area contributed by atoms with Gasteiger partial charge in [0.05, 0.1) is 13.2 Å². The summed E-state index contributed by atoms with van der Waals surface area (Å²) >= 11 is 2.14. The van der Waals surface area contributed by atoms with E-state index in [2.05, 4.69) is 22.6 Å². The third-order valence-electron chi connectivity index (χ3n) is 1.88. The van der Waals surface area contributed by atoms with Crippen LogP contribution < -0.4 is 0 Å². The van der Waals surface area contributed by atoms with E-state index >= 15 is 0 Å². The van der Waals surface area contributed by atoms with Crippen LogP contribution in [0.2, 0.25) is 0 Å². The number of hydrogen-bond donors (Lipinski definition) is 3. The second kappa shape index (κ2) is 4.25.